The van der Waals surface area contributed by atoms with E-state index in [9.17, 15) is 13.6 Å². The minimum atomic E-state index is -0.873. The van der Waals surface area contributed by atoms with Gasteiger partial charge in [0.15, 0.2) is 11.6 Å². The van der Waals surface area contributed by atoms with Crippen molar-refractivity contribution in [1.29, 1.82) is 0 Å². The van der Waals surface area contributed by atoms with E-state index < -0.39 is 11.6 Å². The van der Waals surface area contributed by atoms with Gasteiger partial charge in [-0.2, -0.15) is 11.8 Å². The molecule has 1 N–H and O–H groups in total. The highest BCUT2D eigenvalue weighted by Crippen LogP contribution is 2.37. The zero-order valence-corrected chi connectivity index (χ0v) is 10.4. The topological polar surface area (TPSA) is 32.3 Å². The lowest BCUT2D eigenvalue weighted by Gasteiger charge is -2.35. The number of halogens is 2. The fraction of sp³-hybridized carbons (Fsp3) is 0.417. The number of amides is 1. The average molecular weight is 270 g/mol. The Morgan fingerprint density at radius 2 is 2.22 bits per heavy atom. The van der Waals surface area contributed by atoms with Crippen LogP contribution >= 0.6 is 11.8 Å². The molecule has 1 unspecified atom stereocenters. The lowest BCUT2D eigenvalue weighted by atomic mass is 10.1. The number of thioether (sulfide) groups is 1. The van der Waals surface area contributed by atoms with E-state index in [1.165, 1.54) is 6.07 Å². The number of fused-ring (bicyclic) bond motifs is 3. The lowest BCUT2D eigenvalue weighted by molar-refractivity contribution is -0.116. The molecule has 3 nitrogen and oxygen atoms in total. The summed E-state index contributed by atoms with van der Waals surface area (Å²) in [6.45, 7) is 0.637. The van der Waals surface area contributed by atoms with Gasteiger partial charge in [-0.1, -0.05) is 0 Å². The number of rotatable bonds is 0. The first-order valence-corrected chi connectivity index (χ1v) is 6.94. The summed E-state index contributed by atoms with van der Waals surface area (Å²) in [5.74, 6) is -0.256. The number of nitrogens with one attached hydrogen (secondary N) is 1. The number of hydrogen-bond donors (Lipinski definition) is 1. The van der Waals surface area contributed by atoms with Crippen LogP contribution in [-0.4, -0.2) is 30.0 Å². The molecular formula is C12H12F2N2OS. The van der Waals surface area contributed by atoms with E-state index >= 15 is 0 Å². The molecule has 6 heteroatoms. The highest BCUT2D eigenvalue weighted by Gasteiger charge is 2.33. The Balaban J connectivity index is 2.14. The number of anilines is 2. The van der Waals surface area contributed by atoms with E-state index in [2.05, 4.69) is 5.32 Å². The molecule has 0 aliphatic carbocycles. The molecular weight excluding hydrogens is 258 g/mol. The fourth-order valence-electron chi connectivity index (χ4n) is 2.46. The SMILES string of the molecule is O=C1CC2CSCCN2c2c(ccc(F)c2F)N1. The van der Waals surface area contributed by atoms with Crippen molar-refractivity contribution >= 4 is 29.0 Å². The highest BCUT2D eigenvalue weighted by molar-refractivity contribution is 7.99. The van der Waals surface area contributed by atoms with E-state index in [0.29, 0.717) is 18.7 Å². The van der Waals surface area contributed by atoms with Gasteiger partial charge in [-0.05, 0) is 12.1 Å². The van der Waals surface area contributed by atoms with Gasteiger partial charge in [0.2, 0.25) is 5.91 Å². The van der Waals surface area contributed by atoms with Crippen molar-refractivity contribution in [2.75, 3.05) is 28.3 Å². The highest BCUT2D eigenvalue weighted by atomic mass is 32.2. The second-order valence-corrected chi connectivity index (χ2v) is 5.58. The van der Waals surface area contributed by atoms with Gasteiger partial charge in [-0.25, -0.2) is 8.78 Å². The molecule has 0 radical (unpaired) electrons. The molecule has 2 aliphatic rings. The quantitative estimate of drug-likeness (QED) is 0.784. The third-order valence-electron chi connectivity index (χ3n) is 3.28. The summed E-state index contributed by atoms with van der Waals surface area (Å²) < 4.78 is 27.4. The minimum absolute atomic E-state index is 0.0544. The van der Waals surface area contributed by atoms with Gasteiger partial charge in [-0.15, -0.1) is 0 Å². The van der Waals surface area contributed by atoms with Crippen molar-refractivity contribution in [2.24, 2.45) is 0 Å². The van der Waals surface area contributed by atoms with Gasteiger partial charge in [0.05, 0.1) is 5.69 Å². The van der Waals surface area contributed by atoms with Crippen LogP contribution in [-0.2, 0) is 4.79 Å². The first-order chi connectivity index (χ1) is 8.66. The molecule has 0 spiro atoms. The number of hydrogen-bond acceptors (Lipinski definition) is 3. The Morgan fingerprint density at radius 3 is 3.06 bits per heavy atom. The van der Waals surface area contributed by atoms with Crippen LogP contribution in [0.3, 0.4) is 0 Å². The number of carbonyl (C=O) groups is 1. The molecule has 3 rings (SSSR count). The van der Waals surface area contributed by atoms with Gasteiger partial charge in [0, 0.05) is 30.5 Å². The smallest absolute Gasteiger partial charge is 0.226 e. The maximum absolute atomic E-state index is 14.0. The van der Waals surface area contributed by atoms with Crippen molar-refractivity contribution in [3.05, 3.63) is 23.8 Å². The molecule has 0 bridgehead atoms. The number of benzene rings is 1. The van der Waals surface area contributed by atoms with Gasteiger partial charge in [0.25, 0.3) is 0 Å². The van der Waals surface area contributed by atoms with E-state index in [1.54, 1.807) is 11.8 Å². The maximum Gasteiger partial charge on any atom is 0.226 e. The molecule has 2 aliphatic heterocycles. The van der Waals surface area contributed by atoms with Crippen LogP contribution in [0.25, 0.3) is 0 Å². The van der Waals surface area contributed by atoms with Crippen LogP contribution in [0, 0.1) is 11.6 Å². The molecule has 1 aromatic rings. The molecule has 1 aromatic carbocycles. The number of nitrogens with zero attached hydrogens (tertiary/aromatic N) is 1. The molecule has 96 valence electrons. The number of carbonyl (C=O) groups excluding carboxylic acids is 1. The van der Waals surface area contributed by atoms with Crippen molar-refractivity contribution in [3.63, 3.8) is 0 Å². The second kappa shape index (κ2) is 4.42. The van der Waals surface area contributed by atoms with E-state index in [4.69, 9.17) is 0 Å². The minimum Gasteiger partial charge on any atom is -0.362 e. The van der Waals surface area contributed by atoms with Crippen LogP contribution in [0.15, 0.2) is 12.1 Å². The molecule has 0 aromatic heterocycles. The van der Waals surface area contributed by atoms with E-state index in [-0.39, 0.29) is 17.6 Å². The summed E-state index contributed by atoms with van der Waals surface area (Å²) in [4.78, 5) is 13.6. The second-order valence-electron chi connectivity index (χ2n) is 4.43. The van der Waals surface area contributed by atoms with Crippen LogP contribution in [0.4, 0.5) is 20.2 Å². The van der Waals surface area contributed by atoms with Crippen LogP contribution in [0.1, 0.15) is 6.42 Å². The van der Waals surface area contributed by atoms with Crippen LogP contribution < -0.4 is 10.2 Å². The van der Waals surface area contributed by atoms with Gasteiger partial charge in [0.1, 0.15) is 5.69 Å². The largest absolute Gasteiger partial charge is 0.362 e. The Kier molecular flexibility index (Phi) is 2.89. The van der Waals surface area contributed by atoms with Crippen molar-refractivity contribution in [1.82, 2.24) is 0 Å². The molecule has 1 fully saturated rings. The predicted octanol–water partition coefficient (Wildman–Crippen LogP) is 2.23. The third kappa shape index (κ3) is 1.84. The first-order valence-electron chi connectivity index (χ1n) is 5.79. The van der Waals surface area contributed by atoms with Crippen molar-refractivity contribution in [2.45, 2.75) is 12.5 Å². The molecule has 1 saturated heterocycles. The Morgan fingerprint density at radius 1 is 1.39 bits per heavy atom. The van der Waals surface area contributed by atoms with Crippen LogP contribution in [0.5, 0.6) is 0 Å². The standard InChI is InChI=1S/C12H12F2N2OS/c13-8-1-2-9-12(11(8)14)16-3-4-18-6-7(16)5-10(17)15-9/h1-2,7H,3-6H2,(H,15,17). The van der Waals surface area contributed by atoms with E-state index in [1.807, 2.05) is 4.90 Å². The average Bonchev–Trinajstić information content (AvgIpc) is 2.49. The molecule has 2 heterocycles. The molecule has 18 heavy (non-hydrogen) atoms. The maximum atomic E-state index is 14.0. The molecule has 1 atom stereocenters. The Hall–Kier alpha value is -1.30. The van der Waals surface area contributed by atoms with E-state index in [0.717, 1.165) is 17.6 Å². The van der Waals surface area contributed by atoms with Crippen LogP contribution in [0.2, 0.25) is 0 Å². The zero-order chi connectivity index (χ0) is 12.7. The predicted molar refractivity (Wildman–Crippen MR) is 68.1 cm³/mol. The van der Waals surface area contributed by atoms with Crippen molar-refractivity contribution in [3.8, 4) is 0 Å². The van der Waals surface area contributed by atoms with Gasteiger partial charge in [-0.3, -0.25) is 4.79 Å². The monoisotopic (exact) mass is 270 g/mol. The molecule has 1 amide bonds. The summed E-state index contributed by atoms with van der Waals surface area (Å²) in [5.41, 5.74) is 0.569. The lowest BCUT2D eigenvalue weighted by Crippen LogP contribution is -2.43. The fourth-order valence-corrected chi connectivity index (χ4v) is 3.52. The normalized spacial score (nSPS) is 22.9. The van der Waals surface area contributed by atoms with Gasteiger partial charge >= 0.3 is 0 Å². The summed E-state index contributed by atoms with van der Waals surface area (Å²) in [7, 11) is 0. The molecule has 0 saturated carbocycles. The third-order valence-corrected chi connectivity index (χ3v) is 4.37. The summed E-state index contributed by atoms with van der Waals surface area (Å²) >= 11 is 1.74. The summed E-state index contributed by atoms with van der Waals surface area (Å²) in [6, 6.07) is 2.42. The Bertz CT molecular complexity index is 509. The van der Waals surface area contributed by atoms with Gasteiger partial charge < -0.3 is 10.2 Å². The van der Waals surface area contributed by atoms with Crippen molar-refractivity contribution < 1.29 is 13.6 Å². The summed E-state index contributed by atoms with van der Waals surface area (Å²) in [5, 5.41) is 2.65. The zero-order valence-electron chi connectivity index (χ0n) is 9.58. The summed E-state index contributed by atoms with van der Waals surface area (Å²) in [6.07, 6.45) is 0.322. The first kappa shape index (κ1) is 11.8. The Labute approximate surface area is 108 Å².